The molecule has 1 fully saturated rings. The van der Waals surface area contributed by atoms with Crippen LogP contribution in [-0.2, 0) is 16.1 Å². The van der Waals surface area contributed by atoms with E-state index in [4.69, 9.17) is 11.6 Å². The van der Waals surface area contributed by atoms with E-state index in [-0.39, 0.29) is 24.2 Å². The standard InChI is InChI=1S/C16H17ClN4O2/c17-13-1-3-14(4-2-13)21-10-12(9-15(21)22)16(23)19-6-8-20-7-5-18-11-20/h1-5,7,11-12H,6,8-10H2,(H,19,23)/t12-/m1/s1. The highest BCUT2D eigenvalue weighted by Crippen LogP contribution is 2.26. The van der Waals surface area contributed by atoms with Gasteiger partial charge < -0.3 is 14.8 Å². The van der Waals surface area contributed by atoms with Crippen LogP contribution in [0.2, 0.25) is 5.02 Å². The van der Waals surface area contributed by atoms with Gasteiger partial charge in [-0.05, 0) is 24.3 Å². The van der Waals surface area contributed by atoms with Crippen molar-refractivity contribution < 1.29 is 9.59 Å². The van der Waals surface area contributed by atoms with Crippen LogP contribution in [0.5, 0.6) is 0 Å². The normalized spacial score (nSPS) is 17.5. The van der Waals surface area contributed by atoms with E-state index >= 15 is 0 Å². The molecule has 0 spiro atoms. The second kappa shape index (κ2) is 6.83. The molecule has 3 rings (SSSR count). The highest BCUT2D eigenvalue weighted by Gasteiger charge is 2.34. The quantitative estimate of drug-likeness (QED) is 0.906. The summed E-state index contributed by atoms with van der Waals surface area (Å²) in [6.45, 7) is 1.57. The number of rotatable bonds is 5. The van der Waals surface area contributed by atoms with Gasteiger partial charge in [-0.3, -0.25) is 9.59 Å². The molecule has 1 N–H and O–H groups in total. The second-order valence-electron chi connectivity index (χ2n) is 5.47. The second-order valence-corrected chi connectivity index (χ2v) is 5.91. The molecular formula is C16H17ClN4O2. The molecule has 120 valence electrons. The van der Waals surface area contributed by atoms with Gasteiger partial charge in [0.1, 0.15) is 0 Å². The predicted octanol–water partition coefficient (Wildman–Crippen LogP) is 1.71. The summed E-state index contributed by atoms with van der Waals surface area (Å²) in [6, 6.07) is 7.06. The minimum absolute atomic E-state index is 0.0397. The lowest BCUT2D eigenvalue weighted by Crippen LogP contribution is -2.34. The van der Waals surface area contributed by atoms with E-state index in [1.54, 1.807) is 41.7 Å². The molecule has 6 nitrogen and oxygen atoms in total. The predicted molar refractivity (Wildman–Crippen MR) is 87.1 cm³/mol. The SMILES string of the molecule is O=C(NCCn1ccnc1)[C@@H]1CC(=O)N(c2ccc(Cl)cc2)C1. The molecule has 2 aromatic rings. The molecule has 1 aromatic heterocycles. The lowest BCUT2D eigenvalue weighted by Gasteiger charge is -2.16. The van der Waals surface area contributed by atoms with Gasteiger partial charge in [0.25, 0.3) is 0 Å². The van der Waals surface area contributed by atoms with Gasteiger partial charge in [0.05, 0.1) is 12.2 Å². The van der Waals surface area contributed by atoms with Crippen molar-refractivity contribution in [2.75, 3.05) is 18.0 Å². The van der Waals surface area contributed by atoms with Crippen LogP contribution >= 0.6 is 11.6 Å². The van der Waals surface area contributed by atoms with Gasteiger partial charge in [0.15, 0.2) is 0 Å². The monoisotopic (exact) mass is 332 g/mol. The molecule has 2 amide bonds. The Bertz CT molecular complexity index is 685. The number of nitrogens with one attached hydrogen (secondary N) is 1. The molecule has 1 aliphatic rings. The van der Waals surface area contributed by atoms with Gasteiger partial charge in [-0.15, -0.1) is 0 Å². The molecule has 1 saturated heterocycles. The van der Waals surface area contributed by atoms with Crippen molar-refractivity contribution in [1.29, 1.82) is 0 Å². The van der Waals surface area contributed by atoms with Crippen LogP contribution < -0.4 is 10.2 Å². The van der Waals surface area contributed by atoms with Crippen molar-refractivity contribution in [2.45, 2.75) is 13.0 Å². The molecule has 0 bridgehead atoms. The number of benzene rings is 1. The lowest BCUT2D eigenvalue weighted by molar-refractivity contribution is -0.126. The van der Waals surface area contributed by atoms with Crippen molar-refractivity contribution in [1.82, 2.24) is 14.9 Å². The number of carbonyl (C=O) groups excluding carboxylic acids is 2. The maximum atomic E-state index is 12.2. The largest absolute Gasteiger partial charge is 0.354 e. The Morgan fingerprint density at radius 1 is 1.35 bits per heavy atom. The van der Waals surface area contributed by atoms with Crippen LogP contribution in [0.3, 0.4) is 0 Å². The number of amides is 2. The topological polar surface area (TPSA) is 67.2 Å². The molecular weight excluding hydrogens is 316 g/mol. The van der Waals surface area contributed by atoms with E-state index in [2.05, 4.69) is 10.3 Å². The fraction of sp³-hybridized carbons (Fsp3) is 0.312. The fourth-order valence-corrected chi connectivity index (χ4v) is 2.75. The van der Waals surface area contributed by atoms with Crippen molar-refractivity contribution in [3.8, 4) is 0 Å². The third-order valence-electron chi connectivity index (χ3n) is 3.86. The lowest BCUT2D eigenvalue weighted by atomic mass is 10.1. The molecule has 7 heteroatoms. The number of carbonyl (C=O) groups is 2. The Morgan fingerprint density at radius 2 is 2.13 bits per heavy atom. The molecule has 1 aliphatic heterocycles. The Balaban J connectivity index is 1.54. The van der Waals surface area contributed by atoms with Crippen LogP contribution in [-0.4, -0.2) is 34.5 Å². The first-order valence-electron chi connectivity index (χ1n) is 7.43. The van der Waals surface area contributed by atoms with Crippen molar-refractivity contribution >= 4 is 29.1 Å². The van der Waals surface area contributed by atoms with Crippen LogP contribution in [0.1, 0.15) is 6.42 Å². The first-order valence-corrected chi connectivity index (χ1v) is 7.80. The highest BCUT2D eigenvalue weighted by molar-refractivity contribution is 6.30. The van der Waals surface area contributed by atoms with Crippen LogP contribution in [0, 0.1) is 5.92 Å². The summed E-state index contributed by atoms with van der Waals surface area (Å²) in [5, 5.41) is 3.50. The summed E-state index contributed by atoms with van der Waals surface area (Å²) in [4.78, 5) is 29.9. The first-order chi connectivity index (χ1) is 11.1. The summed E-state index contributed by atoms with van der Waals surface area (Å²) in [5.41, 5.74) is 0.771. The molecule has 0 radical (unpaired) electrons. The Kier molecular flexibility index (Phi) is 4.62. The summed E-state index contributed by atoms with van der Waals surface area (Å²) in [5.74, 6) is -0.446. The zero-order valence-electron chi connectivity index (χ0n) is 12.5. The number of nitrogens with zero attached hydrogens (tertiary/aromatic N) is 3. The Morgan fingerprint density at radius 3 is 2.83 bits per heavy atom. The van der Waals surface area contributed by atoms with Crippen LogP contribution in [0.15, 0.2) is 43.0 Å². The van der Waals surface area contributed by atoms with E-state index in [9.17, 15) is 9.59 Å². The van der Waals surface area contributed by atoms with Gasteiger partial charge in [-0.2, -0.15) is 0 Å². The average Bonchev–Trinajstić information content (AvgIpc) is 3.18. The van der Waals surface area contributed by atoms with Gasteiger partial charge in [-0.1, -0.05) is 11.6 Å². The average molecular weight is 333 g/mol. The molecule has 1 aromatic carbocycles. The minimum Gasteiger partial charge on any atom is -0.354 e. The number of hydrogen-bond donors (Lipinski definition) is 1. The van der Waals surface area contributed by atoms with E-state index in [1.165, 1.54) is 0 Å². The summed E-state index contributed by atoms with van der Waals surface area (Å²) >= 11 is 5.86. The van der Waals surface area contributed by atoms with Gasteiger partial charge >= 0.3 is 0 Å². The third kappa shape index (κ3) is 3.71. The van der Waals surface area contributed by atoms with E-state index in [0.717, 1.165) is 5.69 Å². The van der Waals surface area contributed by atoms with Crippen molar-refractivity contribution in [3.63, 3.8) is 0 Å². The first kappa shape index (κ1) is 15.6. The molecule has 0 saturated carbocycles. The number of anilines is 1. The van der Waals surface area contributed by atoms with Crippen LogP contribution in [0.4, 0.5) is 5.69 Å². The minimum atomic E-state index is -0.319. The summed E-state index contributed by atoms with van der Waals surface area (Å²) in [7, 11) is 0. The van der Waals surface area contributed by atoms with E-state index in [1.807, 2.05) is 10.8 Å². The number of imidazole rings is 1. The maximum absolute atomic E-state index is 12.2. The zero-order chi connectivity index (χ0) is 16.2. The highest BCUT2D eigenvalue weighted by atomic mass is 35.5. The molecule has 0 unspecified atom stereocenters. The number of hydrogen-bond acceptors (Lipinski definition) is 3. The molecule has 1 atom stereocenters. The zero-order valence-corrected chi connectivity index (χ0v) is 13.2. The maximum Gasteiger partial charge on any atom is 0.227 e. The Hall–Kier alpha value is -2.34. The van der Waals surface area contributed by atoms with Crippen molar-refractivity contribution in [2.24, 2.45) is 5.92 Å². The van der Waals surface area contributed by atoms with Gasteiger partial charge in [0, 0.05) is 49.2 Å². The number of aromatic nitrogens is 2. The van der Waals surface area contributed by atoms with Crippen molar-refractivity contribution in [3.05, 3.63) is 48.0 Å². The number of halogens is 1. The van der Waals surface area contributed by atoms with Gasteiger partial charge in [0.2, 0.25) is 11.8 Å². The van der Waals surface area contributed by atoms with E-state index in [0.29, 0.717) is 24.7 Å². The fourth-order valence-electron chi connectivity index (χ4n) is 2.63. The summed E-state index contributed by atoms with van der Waals surface area (Å²) < 4.78 is 1.89. The molecule has 23 heavy (non-hydrogen) atoms. The molecule has 0 aliphatic carbocycles. The van der Waals surface area contributed by atoms with Crippen LogP contribution in [0.25, 0.3) is 0 Å². The van der Waals surface area contributed by atoms with E-state index < -0.39 is 0 Å². The smallest absolute Gasteiger partial charge is 0.227 e. The third-order valence-corrected chi connectivity index (χ3v) is 4.11. The van der Waals surface area contributed by atoms with Gasteiger partial charge in [-0.25, -0.2) is 4.98 Å². The summed E-state index contributed by atoms with van der Waals surface area (Å²) in [6.07, 6.45) is 5.47. The molecule has 2 heterocycles. The Labute approximate surface area is 139 Å².